The van der Waals surface area contributed by atoms with Gasteiger partial charge in [-0.05, 0) is 33.4 Å². The molecule has 0 aromatic carbocycles. The maximum absolute atomic E-state index is 12.3. The standard InChI is InChI=1S/C11H21N5O2S/c1-8-11(10(6-12)15-14-8)19(17,18)13-7-9-4-3-5-16(9)2/h9,13H,3-7,12H2,1-2H3,(H,14,15). The quantitative estimate of drug-likeness (QED) is 0.680. The third kappa shape index (κ3) is 2.97. The van der Waals surface area contributed by atoms with E-state index in [1.807, 2.05) is 7.05 Å². The number of hydrogen-bond acceptors (Lipinski definition) is 5. The Balaban J connectivity index is 2.12. The van der Waals surface area contributed by atoms with E-state index in [0.717, 1.165) is 19.4 Å². The summed E-state index contributed by atoms with van der Waals surface area (Å²) in [5.74, 6) is 0. The number of H-pyrrole nitrogens is 1. The molecule has 7 nitrogen and oxygen atoms in total. The first-order chi connectivity index (χ1) is 8.95. The molecule has 0 saturated carbocycles. The highest BCUT2D eigenvalue weighted by atomic mass is 32.2. The van der Waals surface area contributed by atoms with E-state index in [-0.39, 0.29) is 17.5 Å². The van der Waals surface area contributed by atoms with Crippen molar-refractivity contribution in [3.63, 3.8) is 0 Å². The number of nitrogens with zero attached hydrogens (tertiary/aromatic N) is 2. The third-order valence-electron chi connectivity index (χ3n) is 3.60. The Morgan fingerprint density at radius 2 is 2.32 bits per heavy atom. The maximum Gasteiger partial charge on any atom is 0.244 e. The second-order valence-corrected chi connectivity index (χ2v) is 6.66. The molecule has 8 heteroatoms. The Bertz CT molecular complexity index is 539. The average molecular weight is 287 g/mol. The van der Waals surface area contributed by atoms with Crippen LogP contribution in [0, 0.1) is 6.92 Å². The molecule has 1 aliphatic heterocycles. The van der Waals surface area contributed by atoms with Gasteiger partial charge in [-0.1, -0.05) is 0 Å². The molecule has 1 atom stereocenters. The summed E-state index contributed by atoms with van der Waals surface area (Å²) in [5, 5.41) is 6.59. The second kappa shape index (κ2) is 5.58. The zero-order valence-corrected chi connectivity index (χ0v) is 12.1. The number of hydrogen-bond donors (Lipinski definition) is 3. The van der Waals surface area contributed by atoms with Gasteiger partial charge in [0.1, 0.15) is 4.90 Å². The highest BCUT2D eigenvalue weighted by Crippen LogP contribution is 2.18. The summed E-state index contributed by atoms with van der Waals surface area (Å²) in [7, 11) is -1.54. The zero-order valence-electron chi connectivity index (χ0n) is 11.3. The second-order valence-electron chi connectivity index (χ2n) is 4.96. The van der Waals surface area contributed by atoms with Crippen LogP contribution < -0.4 is 10.5 Å². The van der Waals surface area contributed by atoms with Crippen LogP contribution in [0.25, 0.3) is 0 Å². The van der Waals surface area contributed by atoms with Crippen LogP contribution in [0.3, 0.4) is 0 Å². The van der Waals surface area contributed by atoms with Gasteiger partial charge in [0, 0.05) is 19.1 Å². The molecule has 1 saturated heterocycles. The number of aromatic amines is 1. The van der Waals surface area contributed by atoms with Crippen molar-refractivity contribution in [2.75, 3.05) is 20.1 Å². The van der Waals surface area contributed by atoms with E-state index in [9.17, 15) is 8.42 Å². The largest absolute Gasteiger partial charge is 0.325 e. The monoisotopic (exact) mass is 287 g/mol. The number of likely N-dealkylation sites (N-methyl/N-ethyl adjacent to an activating group) is 1. The lowest BCUT2D eigenvalue weighted by atomic mass is 10.2. The molecule has 0 radical (unpaired) electrons. The normalized spacial score (nSPS) is 21.1. The van der Waals surface area contributed by atoms with E-state index in [4.69, 9.17) is 5.73 Å². The molecular weight excluding hydrogens is 266 g/mol. The number of nitrogens with two attached hydrogens (primary N) is 1. The van der Waals surface area contributed by atoms with E-state index in [1.54, 1.807) is 6.92 Å². The van der Waals surface area contributed by atoms with Crippen molar-refractivity contribution in [1.82, 2.24) is 19.8 Å². The van der Waals surface area contributed by atoms with Crippen molar-refractivity contribution in [2.45, 2.75) is 37.2 Å². The van der Waals surface area contributed by atoms with Crippen molar-refractivity contribution in [2.24, 2.45) is 5.73 Å². The number of likely N-dealkylation sites (tertiary alicyclic amines) is 1. The van der Waals surface area contributed by atoms with Crippen LogP contribution in [0.1, 0.15) is 24.2 Å². The van der Waals surface area contributed by atoms with Gasteiger partial charge in [-0.25, -0.2) is 13.1 Å². The molecule has 0 aliphatic carbocycles. The van der Waals surface area contributed by atoms with Crippen LogP contribution in [-0.4, -0.2) is 49.7 Å². The minimum absolute atomic E-state index is 0.101. The van der Waals surface area contributed by atoms with Gasteiger partial charge in [0.05, 0.1) is 11.4 Å². The van der Waals surface area contributed by atoms with Crippen LogP contribution in [-0.2, 0) is 16.6 Å². The Morgan fingerprint density at radius 3 is 2.89 bits per heavy atom. The number of nitrogens with one attached hydrogen (secondary N) is 2. The smallest absolute Gasteiger partial charge is 0.244 e. The highest BCUT2D eigenvalue weighted by Gasteiger charge is 2.27. The molecule has 108 valence electrons. The molecule has 0 amide bonds. The van der Waals surface area contributed by atoms with Gasteiger partial charge < -0.3 is 10.6 Å². The lowest BCUT2D eigenvalue weighted by molar-refractivity contribution is 0.311. The molecule has 1 unspecified atom stereocenters. The van der Waals surface area contributed by atoms with Crippen molar-refractivity contribution in [3.05, 3.63) is 11.4 Å². The van der Waals surface area contributed by atoms with Crippen molar-refractivity contribution >= 4 is 10.0 Å². The Labute approximate surface area is 113 Å². The van der Waals surface area contributed by atoms with Gasteiger partial charge in [-0.3, -0.25) is 5.10 Å². The van der Waals surface area contributed by atoms with Crippen LogP contribution >= 0.6 is 0 Å². The van der Waals surface area contributed by atoms with Gasteiger partial charge >= 0.3 is 0 Å². The van der Waals surface area contributed by atoms with Gasteiger partial charge in [-0.15, -0.1) is 0 Å². The number of sulfonamides is 1. The van der Waals surface area contributed by atoms with Gasteiger partial charge in [0.15, 0.2) is 0 Å². The fraction of sp³-hybridized carbons (Fsp3) is 0.727. The molecule has 1 aromatic heterocycles. The summed E-state index contributed by atoms with van der Waals surface area (Å²) in [4.78, 5) is 2.37. The summed E-state index contributed by atoms with van der Waals surface area (Å²) in [6, 6.07) is 0.267. The molecule has 1 aliphatic rings. The van der Waals surface area contributed by atoms with E-state index in [0.29, 0.717) is 17.9 Å². The van der Waals surface area contributed by atoms with Crippen LogP contribution in [0.5, 0.6) is 0 Å². The van der Waals surface area contributed by atoms with E-state index >= 15 is 0 Å². The van der Waals surface area contributed by atoms with E-state index in [1.165, 1.54) is 0 Å². The molecule has 0 bridgehead atoms. The first-order valence-corrected chi connectivity index (χ1v) is 7.88. The van der Waals surface area contributed by atoms with Gasteiger partial charge in [0.25, 0.3) is 0 Å². The molecule has 2 rings (SSSR count). The van der Waals surface area contributed by atoms with E-state index in [2.05, 4.69) is 19.8 Å². The predicted octanol–water partition coefficient (Wildman–Crippen LogP) is -0.451. The summed E-state index contributed by atoms with van der Waals surface area (Å²) in [6.45, 7) is 3.23. The lowest BCUT2D eigenvalue weighted by Crippen LogP contribution is -2.38. The highest BCUT2D eigenvalue weighted by molar-refractivity contribution is 7.89. The fourth-order valence-electron chi connectivity index (χ4n) is 2.48. The first kappa shape index (κ1) is 14.4. The predicted molar refractivity (Wildman–Crippen MR) is 72.1 cm³/mol. The van der Waals surface area contributed by atoms with Crippen LogP contribution in [0.4, 0.5) is 0 Å². The van der Waals surface area contributed by atoms with E-state index < -0.39 is 10.0 Å². The zero-order chi connectivity index (χ0) is 14.0. The molecule has 4 N–H and O–H groups in total. The third-order valence-corrected chi connectivity index (χ3v) is 5.23. The molecule has 0 spiro atoms. The SMILES string of the molecule is Cc1[nH]nc(CN)c1S(=O)(=O)NCC1CCCN1C. The summed E-state index contributed by atoms with van der Waals surface area (Å²) in [5.41, 5.74) is 6.42. The fourth-order valence-corrected chi connectivity index (χ4v) is 3.92. The Kier molecular flexibility index (Phi) is 4.24. The molecule has 2 heterocycles. The summed E-state index contributed by atoms with van der Waals surface area (Å²) >= 11 is 0. The molecule has 1 aromatic rings. The lowest BCUT2D eigenvalue weighted by Gasteiger charge is -2.19. The molecule has 1 fully saturated rings. The van der Waals surface area contributed by atoms with Crippen molar-refractivity contribution in [3.8, 4) is 0 Å². The van der Waals surface area contributed by atoms with Gasteiger partial charge in [-0.2, -0.15) is 5.10 Å². The topological polar surface area (TPSA) is 104 Å². The first-order valence-electron chi connectivity index (χ1n) is 6.39. The van der Waals surface area contributed by atoms with Crippen LogP contribution in [0.2, 0.25) is 0 Å². The Hall–Kier alpha value is -0.960. The number of rotatable bonds is 5. The van der Waals surface area contributed by atoms with Crippen molar-refractivity contribution < 1.29 is 8.42 Å². The van der Waals surface area contributed by atoms with Crippen molar-refractivity contribution in [1.29, 1.82) is 0 Å². The average Bonchev–Trinajstić information content (AvgIpc) is 2.93. The molecule has 19 heavy (non-hydrogen) atoms. The van der Waals surface area contributed by atoms with Crippen LogP contribution in [0.15, 0.2) is 4.90 Å². The maximum atomic E-state index is 12.3. The molecular formula is C11H21N5O2S. The number of aromatic nitrogens is 2. The number of aryl methyl sites for hydroxylation is 1. The minimum atomic E-state index is -3.55. The summed E-state index contributed by atoms with van der Waals surface area (Å²) in [6.07, 6.45) is 2.13. The van der Waals surface area contributed by atoms with Gasteiger partial charge in [0.2, 0.25) is 10.0 Å². The Morgan fingerprint density at radius 1 is 1.58 bits per heavy atom. The minimum Gasteiger partial charge on any atom is -0.325 e. The summed E-state index contributed by atoms with van der Waals surface area (Å²) < 4.78 is 27.3.